The number of anilines is 1. The number of hydrogen-bond donors (Lipinski definition) is 1. The zero-order valence-electron chi connectivity index (χ0n) is 22.2. The number of nitrogens with zero attached hydrogens (tertiary/aromatic N) is 2. The van der Waals surface area contributed by atoms with Crippen LogP contribution in [0.3, 0.4) is 0 Å². The van der Waals surface area contributed by atoms with Crippen LogP contribution in [0.25, 0.3) is 0 Å². The van der Waals surface area contributed by atoms with Gasteiger partial charge >= 0.3 is 6.18 Å². The van der Waals surface area contributed by atoms with Gasteiger partial charge in [-0.3, -0.25) is 13.9 Å². The third kappa shape index (κ3) is 8.15. The summed E-state index contributed by atoms with van der Waals surface area (Å²) in [6, 6.07) is 15.1. The van der Waals surface area contributed by atoms with E-state index in [4.69, 9.17) is 23.2 Å². The maximum atomic E-state index is 13.8. The van der Waals surface area contributed by atoms with E-state index < -0.39 is 56.9 Å². The van der Waals surface area contributed by atoms with Crippen LogP contribution < -0.4 is 9.62 Å². The Morgan fingerprint density at radius 2 is 1.66 bits per heavy atom. The SMILES string of the molecule is CCCNC(=O)[C@H](C)N(Cc1cccc(Cl)c1)C(=O)CN(c1ccc(Cl)c(C(F)(F)F)c1)S(=O)(=O)c1ccccc1. The molecular formula is C28H28Cl2F3N3O4S. The van der Waals surface area contributed by atoms with Gasteiger partial charge in [-0.05, 0) is 61.4 Å². The lowest BCUT2D eigenvalue weighted by Crippen LogP contribution is -2.51. The van der Waals surface area contributed by atoms with Gasteiger partial charge in [-0.25, -0.2) is 8.42 Å². The summed E-state index contributed by atoms with van der Waals surface area (Å²) >= 11 is 11.9. The number of hydrogen-bond acceptors (Lipinski definition) is 4. The van der Waals surface area contributed by atoms with Crippen molar-refractivity contribution in [2.45, 2.75) is 43.9 Å². The summed E-state index contributed by atoms with van der Waals surface area (Å²) in [7, 11) is -4.54. The summed E-state index contributed by atoms with van der Waals surface area (Å²) in [6.45, 7) is 2.67. The van der Waals surface area contributed by atoms with Crippen molar-refractivity contribution in [2.24, 2.45) is 0 Å². The Bertz CT molecular complexity index is 1490. The van der Waals surface area contributed by atoms with E-state index in [1.54, 1.807) is 30.3 Å². The van der Waals surface area contributed by atoms with E-state index in [0.717, 1.165) is 17.0 Å². The van der Waals surface area contributed by atoms with Crippen molar-refractivity contribution in [3.8, 4) is 0 Å². The minimum absolute atomic E-state index is 0.117. The molecule has 0 aliphatic heterocycles. The van der Waals surface area contributed by atoms with Gasteiger partial charge < -0.3 is 10.2 Å². The highest BCUT2D eigenvalue weighted by atomic mass is 35.5. The fourth-order valence-corrected chi connectivity index (χ4v) is 5.81. The summed E-state index contributed by atoms with van der Waals surface area (Å²) in [4.78, 5) is 27.6. The van der Waals surface area contributed by atoms with E-state index in [9.17, 15) is 31.2 Å². The van der Waals surface area contributed by atoms with Gasteiger partial charge in [0.15, 0.2) is 0 Å². The van der Waals surface area contributed by atoms with Gasteiger partial charge in [0.05, 0.1) is 21.2 Å². The normalized spacial score (nSPS) is 12.5. The van der Waals surface area contributed by atoms with Gasteiger partial charge in [-0.1, -0.05) is 60.5 Å². The molecule has 7 nitrogen and oxygen atoms in total. The van der Waals surface area contributed by atoms with Crippen LogP contribution in [-0.2, 0) is 32.3 Å². The zero-order chi connectivity index (χ0) is 30.4. The van der Waals surface area contributed by atoms with E-state index >= 15 is 0 Å². The number of halogens is 5. The molecule has 0 fully saturated rings. The van der Waals surface area contributed by atoms with Crippen LogP contribution in [0.1, 0.15) is 31.4 Å². The number of alkyl halides is 3. The first kappa shape index (κ1) is 32.2. The van der Waals surface area contributed by atoms with Crippen LogP contribution in [0.5, 0.6) is 0 Å². The Hall–Kier alpha value is -3.28. The number of sulfonamides is 1. The molecule has 3 aromatic rings. The van der Waals surface area contributed by atoms with Crippen LogP contribution in [0, 0.1) is 0 Å². The second kappa shape index (κ2) is 13.6. The third-order valence-electron chi connectivity index (χ3n) is 6.11. The second-order valence-electron chi connectivity index (χ2n) is 9.11. The number of nitrogens with one attached hydrogen (secondary N) is 1. The van der Waals surface area contributed by atoms with Crippen LogP contribution in [0.15, 0.2) is 77.7 Å². The first-order chi connectivity index (χ1) is 19.3. The van der Waals surface area contributed by atoms with Crippen LogP contribution in [0.2, 0.25) is 10.0 Å². The summed E-state index contributed by atoms with van der Waals surface area (Å²) in [5, 5.41) is 2.46. The molecule has 0 bridgehead atoms. The second-order valence-corrected chi connectivity index (χ2v) is 11.8. The smallest absolute Gasteiger partial charge is 0.354 e. The maximum absolute atomic E-state index is 13.8. The average molecular weight is 631 g/mol. The maximum Gasteiger partial charge on any atom is 0.417 e. The quantitative estimate of drug-likeness (QED) is 0.276. The third-order valence-corrected chi connectivity index (χ3v) is 8.46. The lowest BCUT2D eigenvalue weighted by atomic mass is 10.1. The molecule has 1 atom stereocenters. The van der Waals surface area contributed by atoms with E-state index in [0.29, 0.717) is 33.9 Å². The molecule has 0 heterocycles. The number of amides is 2. The molecule has 13 heteroatoms. The molecule has 3 rings (SSSR count). The van der Waals surface area contributed by atoms with Crippen LogP contribution in [-0.4, -0.2) is 44.3 Å². The van der Waals surface area contributed by atoms with Gasteiger partial charge in [0.1, 0.15) is 12.6 Å². The predicted octanol–water partition coefficient (Wildman–Crippen LogP) is 6.15. The molecule has 41 heavy (non-hydrogen) atoms. The highest BCUT2D eigenvalue weighted by Gasteiger charge is 2.37. The lowest BCUT2D eigenvalue weighted by Gasteiger charge is -2.32. The molecule has 3 aromatic carbocycles. The van der Waals surface area contributed by atoms with E-state index in [1.807, 2.05) is 6.92 Å². The molecule has 0 spiro atoms. The number of carbonyl (C=O) groups is 2. The molecule has 1 N–H and O–H groups in total. The summed E-state index contributed by atoms with van der Waals surface area (Å²) in [6.07, 6.45) is -4.24. The Labute approximate surface area is 246 Å². The first-order valence-electron chi connectivity index (χ1n) is 12.5. The lowest BCUT2D eigenvalue weighted by molar-refractivity contribution is -0.139. The fourth-order valence-electron chi connectivity index (χ4n) is 3.94. The van der Waals surface area contributed by atoms with Crippen molar-refractivity contribution in [3.05, 3.63) is 94.0 Å². The first-order valence-corrected chi connectivity index (χ1v) is 14.7. The van der Waals surface area contributed by atoms with E-state index in [-0.39, 0.29) is 11.4 Å². The minimum Gasteiger partial charge on any atom is -0.354 e. The Kier molecular flexibility index (Phi) is 10.7. The number of carbonyl (C=O) groups excluding carboxylic acids is 2. The molecule has 0 aromatic heterocycles. The van der Waals surface area contributed by atoms with Gasteiger partial charge in [0.2, 0.25) is 11.8 Å². The minimum atomic E-state index is -4.89. The molecular weight excluding hydrogens is 602 g/mol. The topological polar surface area (TPSA) is 86.8 Å². The van der Waals surface area contributed by atoms with E-state index in [2.05, 4.69) is 5.32 Å². The molecule has 0 aliphatic carbocycles. The molecule has 0 radical (unpaired) electrons. The zero-order valence-corrected chi connectivity index (χ0v) is 24.5. The van der Waals surface area contributed by atoms with Crippen molar-refractivity contribution >= 4 is 50.7 Å². The van der Waals surface area contributed by atoms with Gasteiger partial charge in [-0.2, -0.15) is 13.2 Å². The molecule has 0 saturated heterocycles. The van der Waals surface area contributed by atoms with Crippen molar-refractivity contribution in [3.63, 3.8) is 0 Å². The Morgan fingerprint density at radius 1 is 0.976 bits per heavy atom. The summed E-state index contributed by atoms with van der Waals surface area (Å²) < 4.78 is 69.1. The monoisotopic (exact) mass is 629 g/mol. The standard InChI is InChI=1S/C28H28Cl2F3N3O4S/c1-3-14-34-27(38)19(2)35(17-20-8-7-9-21(29)15-20)26(37)18-36(41(39,40)23-10-5-4-6-11-23)22-12-13-25(30)24(16-22)28(31,32)33/h4-13,15-16,19H,3,14,17-18H2,1-2H3,(H,34,38)/t19-/m0/s1. The summed E-state index contributed by atoms with van der Waals surface area (Å²) in [5.74, 6) is -1.31. The van der Waals surface area contributed by atoms with Gasteiger partial charge in [-0.15, -0.1) is 0 Å². The highest BCUT2D eigenvalue weighted by molar-refractivity contribution is 7.92. The molecule has 0 aliphatic rings. The number of benzene rings is 3. The largest absolute Gasteiger partial charge is 0.417 e. The van der Waals surface area contributed by atoms with Crippen LogP contribution >= 0.6 is 23.2 Å². The molecule has 220 valence electrons. The molecule has 2 amide bonds. The number of rotatable bonds is 11. The van der Waals surface area contributed by atoms with Crippen molar-refractivity contribution in [1.29, 1.82) is 0 Å². The molecule has 0 unspecified atom stereocenters. The average Bonchev–Trinajstić information content (AvgIpc) is 2.93. The highest BCUT2D eigenvalue weighted by Crippen LogP contribution is 2.38. The van der Waals surface area contributed by atoms with Crippen molar-refractivity contribution in [1.82, 2.24) is 10.2 Å². The Morgan fingerprint density at radius 3 is 2.27 bits per heavy atom. The Balaban J connectivity index is 2.10. The van der Waals surface area contributed by atoms with Crippen molar-refractivity contribution in [2.75, 3.05) is 17.4 Å². The fraction of sp³-hybridized carbons (Fsp3) is 0.286. The van der Waals surface area contributed by atoms with Crippen molar-refractivity contribution < 1.29 is 31.2 Å². The van der Waals surface area contributed by atoms with Gasteiger partial charge in [0, 0.05) is 18.1 Å². The van der Waals surface area contributed by atoms with Crippen LogP contribution in [0.4, 0.5) is 18.9 Å². The van der Waals surface area contributed by atoms with Gasteiger partial charge in [0.25, 0.3) is 10.0 Å². The molecule has 0 saturated carbocycles. The van der Waals surface area contributed by atoms with E-state index in [1.165, 1.54) is 31.2 Å². The summed E-state index contributed by atoms with van der Waals surface area (Å²) in [5.41, 5.74) is -1.13. The predicted molar refractivity (Wildman–Crippen MR) is 152 cm³/mol.